The molecular formula is C24H31ClN8O. The van der Waals surface area contributed by atoms with Crippen molar-refractivity contribution in [3.05, 3.63) is 47.5 Å². The topological polar surface area (TPSA) is 81.9 Å². The van der Waals surface area contributed by atoms with Crippen molar-refractivity contribution in [2.24, 2.45) is 5.92 Å². The Hall–Kier alpha value is -2.91. The summed E-state index contributed by atoms with van der Waals surface area (Å²) in [5, 5.41) is 3.94. The number of nitrogens with one attached hydrogen (secondary N) is 1. The second kappa shape index (κ2) is 8.70. The second-order valence-corrected chi connectivity index (χ2v) is 10.2. The highest BCUT2D eigenvalue weighted by atomic mass is 35.5. The van der Waals surface area contributed by atoms with Crippen molar-refractivity contribution in [2.75, 3.05) is 49.6 Å². The average molecular weight is 483 g/mol. The Morgan fingerprint density at radius 2 is 1.97 bits per heavy atom. The first kappa shape index (κ1) is 22.9. The summed E-state index contributed by atoms with van der Waals surface area (Å²) in [6.07, 6.45) is 5.50. The molecule has 0 radical (unpaired) electrons. The zero-order valence-corrected chi connectivity index (χ0v) is 20.8. The number of carbonyl (C=O) groups is 1. The highest BCUT2D eigenvalue weighted by Gasteiger charge is 2.41. The van der Waals surface area contributed by atoms with E-state index >= 15 is 0 Å². The Bertz CT molecular complexity index is 1200. The standard InChI is InChI=1S/C24H31ClN8O/c1-16-13-31(10-8-26-16)23-28-11-18(25)21(29-23)32-14-17(15-32)22(34)30(4)24(2,3)19-12-27-20-7-5-6-9-33(19)20/h5-7,9,11-12,16-17,26H,8,10,13-15H2,1-4H3/t16-/m1/s1. The Morgan fingerprint density at radius 1 is 1.18 bits per heavy atom. The predicted molar refractivity (Wildman–Crippen MR) is 133 cm³/mol. The van der Waals surface area contributed by atoms with Crippen molar-refractivity contribution >= 4 is 34.9 Å². The molecule has 0 unspecified atom stereocenters. The van der Waals surface area contributed by atoms with Gasteiger partial charge in [-0.1, -0.05) is 17.7 Å². The first-order chi connectivity index (χ1) is 16.3. The molecule has 2 aliphatic rings. The van der Waals surface area contributed by atoms with Gasteiger partial charge in [0, 0.05) is 52.0 Å². The number of halogens is 1. The monoisotopic (exact) mass is 482 g/mol. The maximum absolute atomic E-state index is 13.4. The van der Waals surface area contributed by atoms with Gasteiger partial charge in [-0.25, -0.2) is 9.97 Å². The number of imidazole rings is 1. The Balaban J connectivity index is 1.28. The Labute approximate surface area is 204 Å². The molecule has 0 saturated carbocycles. The van der Waals surface area contributed by atoms with Gasteiger partial charge in [-0.2, -0.15) is 4.98 Å². The zero-order valence-electron chi connectivity index (χ0n) is 20.1. The van der Waals surface area contributed by atoms with Gasteiger partial charge in [0.05, 0.1) is 29.5 Å². The second-order valence-electron chi connectivity index (χ2n) is 9.77. The lowest BCUT2D eigenvalue weighted by Crippen LogP contribution is -2.57. The molecule has 0 spiro atoms. The van der Waals surface area contributed by atoms with Gasteiger partial charge in [0.2, 0.25) is 11.9 Å². The summed E-state index contributed by atoms with van der Waals surface area (Å²) in [7, 11) is 1.87. The molecule has 0 bridgehead atoms. The van der Waals surface area contributed by atoms with Crippen LogP contribution in [0.3, 0.4) is 0 Å². The van der Waals surface area contributed by atoms with Crippen LogP contribution >= 0.6 is 11.6 Å². The van der Waals surface area contributed by atoms with Crippen LogP contribution in [-0.4, -0.2) is 76.0 Å². The number of nitrogens with zero attached hydrogens (tertiary/aromatic N) is 7. The number of carbonyl (C=O) groups excluding carboxylic acids is 1. The van der Waals surface area contributed by atoms with Crippen molar-refractivity contribution in [3.63, 3.8) is 0 Å². The van der Waals surface area contributed by atoms with Crippen LogP contribution < -0.4 is 15.1 Å². The lowest BCUT2D eigenvalue weighted by Gasteiger charge is -2.44. The summed E-state index contributed by atoms with van der Waals surface area (Å²) in [4.78, 5) is 33.2. The van der Waals surface area contributed by atoms with E-state index in [-0.39, 0.29) is 11.8 Å². The van der Waals surface area contributed by atoms with Gasteiger partial charge in [0.1, 0.15) is 10.7 Å². The van der Waals surface area contributed by atoms with E-state index in [1.165, 1.54) is 0 Å². The minimum atomic E-state index is -0.517. The van der Waals surface area contributed by atoms with Gasteiger partial charge in [-0.15, -0.1) is 0 Å². The number of amides is 1. The van der Waals surface area contributed by atoms with Crippen LogP contribution in [0.1, 0.15) is 26.5 Å². The van der Waals surface area contributed by atoms with Gasteiger partial charge in [0.15, 0.2) is 5.82 Å². The highest BCUT2D eigenvalue weighted by Crippen LogP contribution is 2.34. The minimum Gasteiger partial charge on any atom is -0.353 e. The Morgan fingerprint density at radius 3 is 2.74 bits per heavy atom. The van der Waals surface area contributed by atoms with Crippen LogP contribution in [0.25, 0.3) is 5.65 Å². The van der Waals surface area contributed by atoms with Crippen LogP contribution in [0.5, 0.6) is 0 Å². The number of rotatable bonds is 5. The minimum absolute atomic E-state index is 0.105. The molecule has 0 aliphatic carbocycles. The number of anilines is 2. The average Bonchev–Trinajstić information content (AvgIpc) is 3.24. The molecule has 1 atom stereocenters. The van der Waals surface area contributed by atoms with E-state index in [1.54, 1.807) is 6.20 Å². The van der Waals surface area contributed by atoms with E-state index in [4.69, 9.17) is 16.6 Å². The van der Waals surface area contributed by atoms with E-state index in [0.29, 0.717) is 35.9 Å². The molecule has 10 heteroatoms. The first-order valence-corrected chi connectivity index (χ1v) is 12.1. The fraction of sp³-hybridized carbons (Fsp3) is 0.500. The molecule has 2 fully saturated rings. The molecule has 2 aliphatic heterocycles. The lowest BCUT2D eigenvalue weighted by molar-refractivity contribution is -0.140. The first-order valence-electron chi connectivity index (χ1n) is 11.7. The maximum Gasteiger partial charge on any atom is 0.229 e. The van der Waals surface area contributed by atoms with Crippen molar-refractivity contribution in [2.45, 2.75) is 32.4 Å². The lowest BCUT2D eigenvalue weighted by atomic mass is 9.93. The van der Waals surface area contributed by atoms with E-state index in [0.717, 1.165) is 31.0 Å². The van der Waals surface area contributed by atoms with Crippen LogP contribution in [0.15, 0.2) is 36.8 Å². The summed E-state index contributed by atoms with van der Waals surface area (Å²) in [6.45, 7) is 10.0. The largest absolute Gasteiger partial charge is 0.353 e. The van der Waals surface area contributed by atoms with E-state index in [2.05, 4.69) is 45.9 Å². The van der Waals surface area contributed by atoms with Gasteiger partial charge >= 0.3 is 0 Å². The van der Waals surface area contributed by atoms with Crippen LogP contribution in [0.2, 0.25) is 5.02 Å². The molecule has 1 N–H and O–H groups in total. The molecule has 34 heavy (non-hydrogen) atoms. The third kappa shape index (κ3) is 3.96. The molecule has 3 aromatic heterocycles. The fourth-order valence-electron chi connectivity index (χ4n) is 4.75. The number of aromatic nitrogens is 4. The smallest absolute Gasteiger partial charge is 0.229 e. The van der Waals surface area contributed by atoms with E-state index in [1.807, 2.05) is 46.9 Å². The summed E-state index contributed by atoms with van der Waals surface area (Å²) in [5.41, 5.74) is 1.33. The van der Waals surface area contributed by atoms with Crippen molar-refractivity contribution in [3.8, 4) is 0 Å². The number of piperazine rings is 1. The zero-order chi connectivity index (χ0) is 24.0. The summed E-state index contributed by atoms with van der Waals surface area (Å²) >= 11 is 6.45. The summed E-state index contributed by atoms with van der Waals surface area (Å²) in [6, 6.07) is 6.28. The summed E-state index contributed by atoms with van der Waals surface area (Å²) in [5.74, 6) is 1.38. The predicted octanol–water partition coefficient (Wildman–Crippen LogP) is 2.41. The molecule has 5 heterocycles. The quantitative estimate of drug-likeness (QED) is 0.598. The van der Waals surface area contributed by atoms with Gasteiger partial charge in [0.25, 0.3) is 0 Å². The van der Waals surface area contributed by atoms with Gasteiger partial charge in [-0.3, -0.25) is 4.79 Å². The molecule has 2 saturated heterocycles. The van der Waals surface area contributed by atoms with Gasteiger partial charge < -0.3 is 24.4 Å². The molecule has 5 rings (SSSR count). The van der Waals surface area contributed by atoms with Crippen molar-refractivity contribution in [1.29, 1.82) is 0 Å². The van der Waals surface area contributed by atoms with Crippen LogP contribution in [-0.2, 0) is 10.3 Å². The highest BCUT2D eigenvalue weighted by molar-refractivity contribution is 6.32. The molecular weight excluding hydrogens is 452 g/mol. The van der Waals surface area contributed by atoms with Crippen LogP contribution in [0.4, 0.5) is 11.8 Å². The number of fused-ring (bicyclic) bond motifs is 1. The fourth-order valence-corrected chi connectivity index (χ4v) is 4.96. The SMILES string of the molecule is C[C@@H]1CN(c2ncc(Cl)c(N3CC(C(=O)N(C)C(C)(C)c4cnc5ccccn45)C3)n2)CCN1. The molecule has 0 aromatic carbocycles. The van der Waals surface area contributed by atoms with Crippen LogP contribution in [0, 0.1) is 5.92 Å². The van der Waals surface area contributed by atoms with Crippen molar-refractivity contribution < 1.29 is 4.79 Å². The maximum atomic E-state index is 13.4. The number of hydrogen-bond donors (Lipinski definition) is 1. The molecule has 9 nitrogen and oxygen atoms in total. The molecule has 3 aromatic rings. The van der Waals surface area contributed by atoms with E-state index in [9.17, 15) is 4.79 Å². The number of pyridine rings is 1. The molecule has 180 valence electrons. The Kier molecular flexibility index (Phi) is 5.85. The third-order valence-corrected chi connectivity index (χ3v) is 7.37. The summed E-state index contributed by atoms with van der Waals surface area (Å²) < 4.78 is 2.04. The number of hydrogen-bond acceptors (Lipinski definition) is 7. The molecule has 1 amide bonds. The third-order valence-electron chi connectivity index (χ3n) is 7.11. The van der Waals surface area contributed by atoms with Crippen molar-refractivity contribution in [1.82, 2.24) is 29.6 Å². The van der Waals surface area contributed by atoms with E-state index < -0.39 is 5.54 Å². The normalized spacial score (nSPS) is 19.4. The van der Waals surface area contributed by atoms with Gasteiger partial charge in [-0.05, 0) is 32.9 Å².